The summed E-state index contributed by atoms with van der Waals surface area (Å²) in [5.74, 6) is -6.08. The summed E-state index contributed by atoms with van der Waals surface area (Å²) in [5.41, 5.74) is 1.93. The molecule has 0 N–H and O–H groups in total. The number of benzene rings is 1. The van der Waals surface area contributed by atoms with Crippen molar-refractivity contribution in [1.29, 1.82) is 0 Å². The first-order valence-corrected chi connectivity index (χ1v) is 12.0. The number of rotatable bonds is 3. The number of fused-ring (bicyclic) bond motifs is 1. The molecule has 8 heteroatoms. The van der Waals surface area contributed by atoms with Gasteiger partial charge in [-0.1, -0.05) is 6.07 Å². The van der Waals surface area contributed by atoms with Crippen LogP contribution in [-0.4, -0.2) is 46.1 Å². The second kappa shape index (κ2) is 7.45. The second-order valence-electron chi connectivity index (χ2n) is 11.7. The number of hydrogen-bond donors (Lipinski definition) is 0. The quantitative estimate of drug-likeness (QED) is 0.450. The lowest BCUT2D eigenvalue weighted by Gasteiger charge is -2.52. The van der Waals surface area contributed by atoms with E-state index in [2.05, 4.69) is 4.90 Å². The standard InChI is InChI=1S/C26H32F4N2O2/c1-16-11-18(20-12-26(20,29)30)19(13-31-9-6-24(7-10-31)14-25(27,28)15-24)17-5-8-32(21(16)17)22(33)34-23(2,3)4/h5,8,11,20H,6-7,9-10,12-15H2,1-4H3. The van der Waals surface area contributed by atoms with Crippen LogP contribution in [0.2, 0.25) is 0 Å². The Kier molecular flexibility index (Phi) is 5.18. The van der Waals surface area contributed by atoms with Crippen molar-refractivity contribution in [3.05, 3.63) is 35.0 Å². The molecule has 0 radical (unpaired) electrons. The molecule has 5 rings (SSSR count). The van der Waals surface area contributed by atoms with Crippen molar-refractivity contribution in [1.82, 2.24) is 9.47 Å². The molecule has 1 spiro atoms. The molecular formula is C26H32F4N2O2. The summed E-state index contributed by atoms with van der Waals surface area (Å²) in [7, 11) is 0. The van der Waals surface area contributed by atoms with Crippen molar-refractivity contribution >= 4 is 17.0 Å². The minimum atomic E-state index is -2.72. The van der Waals surface area contributed by atoms with Gasteiger partial charge in [0.05, 0.1) is 11.4 Å². The molecule has 1 aromatic carbocycles. The van der Waals surface area contributed by atoms with Crippen molar-refractivity contribution < 1.29 is 27.1 Å². The molecule has 0 bridgehead atoms. The summed E-state index contributed by atoms with van der Waals surface area (Å²) >= 11 is 0. The first kappa shape index (κ1) is 23.6. The maximum atomic E-state index is 14.2. The van der Waals surface area contributed by atoms with E-state index in [0.717, 1.165) is 16.5 Å². The lowest BCUT2D eigenvalue weighted by molar-refractivity contribution is -0.178. The van der Waals surface area contributed by atoms with Gasteiger partial charge in [-0.15, -0.1) is 0 Å². The molecule has 186 valence electrons. The van der Waals surface area contributed by atoms with Gasteiger partial charge < -0.3 is 4.74 Å². The van der Waals surface area contributed by atoms with Gasteiger partial charge >= 0.3 is 6.09 Å². The van der Waals surface area contributed by atoms with E-state index < -0.39 is 29.5 Å². The summed E-state index contributed by atoms with van der Waals surface area (Å²) < 4.78 is 62.3. The van der Waals surface area contributed by atoms with Crippen molar-refractivity contribution in [2.45, 2.75) is 89.7 Å². The highest BCUT2D eigenvalue weighted by molar-refractivity contribution is 5.94. The van der Waals surface area contributed by atoms with Crippen LogP contribution in [0.4, 0.5) is 22.4 Å². The van der Waals surface area contributed by atoms with Gasteiger partial charge in [0, 0.05) is 37.4 Å². The largest absolute Gasteiger partial charge is 0.443 e. The zero-order valence-corrected chi connectivity index (χ0v) is 20.2. The molecule has 2 saturated carbocycles. The summed E-state index contributed by atoms with van der Waals surface area (Å²) in [6.45, 7) is 9.01. The van der Waals surface area contributed by atoms with E-state index in [1.807, 2.05) is 13.0 Å². The normalized spacial score (nSPS) is 25.4. The van der Waals surface area contributed by atoms with Crippen LogP contribution in [0.25, 0.3) is 10.9 Å². The van der Waals surface area contributed by atoms with Gasteiger partial charge in [0.25, 0.3) is 5.92 Å². The Morgan fingerprint density at radius 3 is 2.29 bits per heavy atom. The lowest BCUT2D eigenvalue weighted by Crippen LogP contribution is -2.52. The second-order valence-corrected chi connectivity index (χ2v) is 11.7. The van der Waals surface area contributed by atoms with Crippen molar-refractivity contribution in [3.8, 4) is 0 Å². The summed E-state index contributed by atoms with van der Waals surface area (Å²) in [5, 5.41) is 0.777. The number of halogens is 4. The average Bonchev–Trinajstić information content (AvgIpc) is 3.10. The minimum Gasteiger partial charge on any atom is -0.443 e. The van der Waals surface area contributed by atoms with Gasteiger partial charge in [0.2, 0.25) is 5.92 Å². The molecule has 1 aromatic heterocycles. The molecule has 1 saturated heterocycles. The van der Waals surface area contributed by atoms with Gasteiger partial charge in [-0.25, -0.2) is 22.4 Å². The van der Waals surface area contributed by atoms with E-state index in [9.17, 15) is 22.4 Å². The molecule has 3 aliphatic rings. The van der Waals surface area contributed by atoms with E-state index in [-0.39, 0.29) is 24.7 Å². The molecular weight excluding hydrogens is 448 g/mol. The van der Waals surface area contributed by atoms with E-state index >= 15 is 0 Å². The van der Waals surface area contributed by atoms with Crippen molar-refractivity contribution in [2.75, 3.05) is 13.1 Å². The Morgan fingerprint density at radius 2 is 1.76 bits per heavy atom. The third-order valence-electron chi connectivity index (χ3n) is 7.66. The SMILES string of the molecule is Cc1cc(C2CC2(F)F)c(CN2CCC3(CC2)CC(F)(F)C3)c2ccn(C(=O)OC(C)(C)C)c12. The number of carbonyl (C=O) groups excluding carboxylic acids is 1. The van der Waals surface area contributed by atoms with Gasteiger partial charge in [-0.3, -0.25) is 9.47 Å². The number of alkyl halides is 4. The fourth-order valence-electron chi connectivity index (χ4n) is 5.93. The van der Waals surface area contributed by atoms with Crippen LogP contribution in [0.3, 0.4) is 0 Å². The predicted molar refractivity (Wildman–Crippen MR) is 122 cm³/mol. The highest BCUT2D eigenvalue weighted by atomic mass is 19.3. The van der Waals surface area contributed by atoms with Crippen molar-refractivity contribution in [3.63, 3.8) is 0 Å². The summed E-state index contributed by atoms with van der Waals surface area (Å²) in [6.07, 6.45) is 2.28. The van der Waals surface area contributed by atoms with E-state index in [4.69, 9.17) is 4.74 Å². The molecule has 3 fully saturated rings. The zero-order chi connectivity index (χ0) is 24.7. The molecule has 1 unspecified atom stereocenters. The molecule has 1 aliphatic heterocycles. The number of hydrogen-bond acceptors (Lipinski definition) is 3. The number of ether oxygens (including phenoxy) is 1. The maximum Gasteiger partial charge on any atom is 0.418 e. The molecule has 4 nitrogen and oxygen atoms in total. The summed E-state index contributed by atoms with van der Waals surface area (Å²) in [4.78, 5) is 15.0. The fourth-order valence-corrected chi connectivity index (χ4v) is 5.93. The Labute approximate surface area is 197 Å². The van der Waals surface area contributed by atoms with Crippen LogP contribution in [0.1, 0.15) is 75.5 Å². The van der Waals surface area contributed by atoms with Gasteiger partial charge in [-0.05, 0) is 81.8 Å². The van der Waals surface area contributed by atoms with Crippen LogP contribution in [0.15, 0.2) is 18.3 Å². The topological polar surface area (TPSA) is 34.5 Å². The maximum absolute atomic E-state index is 14.2. The smallest absolute Gasteiger partial charge is 0.418 e. The highest BCUT2D eigenvalue weighted by Gasteiger charge is 2.59. The first-order valence-electron chi connectivity index (χ1n) is 12.0. The van der Waals surface area contributed by atoms with E-state index in [0.29, 0.717) is 43.6 Å². The Morgan fingerprint density at radius 1 is 1.15 bits per heavy atom. The fraction of sp³-hybridized carbons (Fsp3) is 0.654. The molecule has 2 heterocycles. The number of aromatic nitrogens is 1. The van der Waals surface area contributed by atoms with Crippen LogP contribution in [-0.2, 0) is 11.3 Å². The Bertz CT molecular complexity index is 1130. The monoisotopic (exact) mass is 480 g/mol. The third-order valence-corrected chi connectivity index (χ3v) is 7.66. The van der Waals surface area contributed by atoms with E-state index in [1.165, 1.54) is 4.57 Å². The molecule has 34 heavy (non-hydrogen) atoms. The zero-order valence-electron chi connectivity index (χ0n) is 20.2. The van der Waals surface area contributed by atoms with Gasteiger partial charge in [0.15, 0.2) is 0 Å². The minimum absolute atomic E-state index is 0.0408. The number of aryl methyl sites for hydroxylation is 1. The summed E-state index contributed by atoms with van der Waals surface area (Å²) in [6, 6.07) is 3.60. The van der Waals surface area contributed by atoms with Gasteiger partial charge in [0.1, 0.15) is 5.60 Å². The van der Waals surface area contributed by atoms with Crippen molar-refractivity contribution in [2.24, 2.45) is 5.41 Å². The number of carbonyl (C=O) groups is 1. The van der Waals surface area contributed by atoms with Crippen LogP contribution in [0.5, 0.6) is 0 Å². The van der Waals surface area contributed by atoms with Crippen LogP contribution in [0, 0.1) is 12.3 Å². The lowest BCUT2D eigenvalue weighted by atomic mass is 9.61. The number of nitrogens with zero attached hydrogens (tertiary/aromatic N) is 2. The molecule has 1 atom stereocenters. The molecule has 0 amide bonds. The first-order chi connectivity index (χ1) is 15.7. The Balaban J connectivity index is 1.46. The van der Waals surface area contributed by atoms with E-state index in [1.54, 1.807) is 33.0 Å². The van der Waals surface area contributed by atoms with Gasteiger partial charge in [-0.2, -0.15) is 0 Å². The average molecular weight is 481 g/mol. The number of piperidine rings is 1. The third kappa shape index (κ3) is 4.23. The predicted octanol–water partition coefficient (Wildman–Crippen LogP) is 6.87. The highest BCUT2D eigenvalue weighted by Crippen LogP contribution is 2.59. The Hall–Kier alpha value is -2.09. The molecule has 2 aromatic rings. The molecule has 2 aliphatic carbocycles. The number of likely N-dealkylation sites (tertiary alicyclic amines) is 1. The van der Waals surface area contributed by atoms with Crippen LogP contribution >= 0.6 is 0 Å². The van der Waals surface area contributed by atoms with Crippen LogP contribution < -0.4 is 0 Å².